The Labute approximate surface area is 158 Å². The number of para-hydroxylation sites is 1. The maximum Gasteiger partial charge on any atom is 0.312 e. The summed E-state index contributed by atoms with van der Waals surface area (Å²) in [7, 11) is 0. The van der Waals surface area contributed by atoms with Gasteiger partial charge in [0.2, 0.25) is 0 Å². The summed E-state index contributed by atoms with van der Waals surface area (Å²) in [6.07, 6.45) is 2.02. The van der Waals surface area contributed by atoms with Gasteiger partial charge in [-0.15, -0.1) is 22.7 Å². The first-order valence-corrected chi connectivity index (χ1v) is 9.78. The van der Waals surface area contributed by atoms with Crippen LogP contribution in [-0.2, 0) is 22.6 Å². The number of ether oxygens (including phenoxy) is 1. The molecular formula is C19H15N3O2S2. The van der Waals surface area contributed by atoms with E-state index in [4.69, 9.17) is 4.74 Å². The van der Waals surface area contributed by atoms with E-state index in [1.165, 1.54) is 0 Å². The lowest BCUT2D eigenvalue weighted by molar-refractivity contribution is -0.144. The van der Waals surface area contributed by atoms with Gasteiger partial charge in [0.15, 0.2) is 0 Å². The molecule has 0 fully saturated rings. The Morgan fingerprint density at radius 2 is 1.92 bits per heavy atom. The Kier molecular flexibility index (Phi) is 4.90. The zero-order valence-electron chi connectivity index (χ0n) is 13.7. The number of thiophene rings is 1. The summed E-state index contributed by atoms with van der Waals surface area (Å²) in [5.41, 5.74) is 2.41. The highest BCUT2D eigenvalue weighted by Crippen LogP contribution is 2.27. The van der Waals surface area contributed by atoms with Crippen LogP contribution in [0.15, 0.2) is 65.5 Å². The van der Waals surface area contributed by atoms with Gasteiger partial charge in [0.05, 0.1) is 22.7 Å². The van der Waals surface area contributed by atoms with Crippen molar-refractivity contribution in [2.75, 3.05) is 0 Å². The lowest BCUT2D eigenvalue weighted by Crippen LogP contribution is -2.08. The van der Waals surface area contributed by atoms with Crippen LogP contribution in [0.2, 0.25) is 0 Å². The van der Waals surface area contributed by atoms with Crippen LogP contribution >= 0.6 is 22.7 Å². The Hall–Kier alpha value is -2.77. The van der Waals surface area contributed by atoms with Crippen molar-refractivity contribution in [3.8, 4) is 15.6 Å². The minimum absolute atomic E-state index is 0.153. The molecule has 1 aromatic carbocycles. The zero-order valence-corrected chi connectivity index (χ0v) is 15.4. The third-order valence-electron chi connectivity index (χ3n) is 3.66. The van der Waals surface area contributed by atoms with E-state index in [1.807, 2.05) is 65.5 Å². The molecule has 130 valence electrons. The van der Waals surface area contributed by atoms with Crippen LogP contribution in [0.4, 0.5) is 0 Å². The molecule has 0 radical (unpaired) electrons. The van der Waals surface area contributed by atoms with E-state index in [1.54, 1.807) is 27.4 Å². The van der Waals surface area contributed by atoms with Gasteiger partial charge in [-0.05, 0) is 29.6 Å². The van der Waals surface area contributed by atoms with E-state index in [0.29, 0.717) is 5.69 Å². The first-order valence-electron chi connectivity index (χ1n) is 8.02. The van der Waals surface area contributed by atoms with Crippen molar-refractivity contribution < 1.29 is 9.53 Å². The molecule has 0 saturated heterocycles. The number of rotatable bonds is 6. The third-order valence-corrected chi connectivity index (χ3v) is 5.59. The van der Waals surface area contributed by atoms with Gasteiger partial charge in [0.25, 0.3) is 0 Å². The molecule has 0 aliphatic heterocycles. The fraction of sp³-hybridized carbons (Fsp3) is 0.105. The lowest BCUT2D eigenvalue weighted by atomic mass is 10.3. The first-order chi connectivity index (χ1) is 12.8. The molecule has 0 amide bonds. The average molecular weight is 381 g/mol. The van der Waals surface area contributed by atoms with Crippen molar-refractivity contribution >= 4 is 28.6 Å². The quantitative estimate of drug-likeness (QED) is 0.466. The van der Waals surface area contributed by atoms with Crippen LogP contribution in [0.25, 0.3) is 15.6 Å². The SMILES string of the molecule is O=C(Cc1csc(-c2cccs2)n1)OCc1ccn(-c2ccccc2)n1. The summed E-state index contributed by atoms with van der Waals surface area (Å²) in [6, 6.07) is 15.7. The standard InChI is InChI=1S/C19H15N3O2S2/c23-18(11-15-13-26-19(20-15)17-7-4-10-25-17)24-12-14-8-9-22(21-14)16-5-2-1-3-6-16/h1-10,13H,11-12H2. The largest absolute Gasteiger partial charge is 0.459 e. The molecule has 7 heteroatoms. The monoisotopic (exact) mass is 381 g/mol. The van der Waals surface area contributed by atoms with Gasteiger partial charge in [0, 0.05) is 11.6 Å². The van der Waals surface area contributed by atoms with Gasteiger partial charge >= 0.3 is 5.97 Å². The molecule has 0 unspecified atom stereocenters. The van der Waals surface area contributed by atoms with Crippen LogP contribution in [0.5, 0.6) is 0 Å². The maximum absolute atomic E-state index is 12.1. The highest BCUT2D eigenvalue weighted by Gasteiger charge is 2.11. The molecule has 0 saturated carbocycles. The number of esters is 1. The van der Waals surface area contributed by atoms with Crippen molar-refractivity contribution in [2.45, 2.75) is 13.0 Å². The van der Waals surface area contributed by atoms with Crippen molar-refractivity contribution in [2.24, 2.45) is 0 Å². The number of nitrogens with zero attached hydrogens (tertiary/aromatic N) is 3. The van der Waals surface area contributed by atoms with Crippen molar-refractivity contribution in [1.29, 1.82) is 0 Å². The number of hydrogen-bond acceptors (Lipinski definition) is 6. The van der Waals surface area contributed by atoms with Crippen LogP contribution in [0.3, 0.4) is 0 Å². The molecule has 3 heterocycles. The third kappa shape index (κ3) is 3.89. The van der Waals surface area contributed by atoms with Crippen molar-refractivity contribution in [3.05, 3.63) is 76.9 Å². The molecular weight excluding hydrogens is 366 g/mol. The molecule has 4 aromatic rings. The number of carbonyl (C=O) groups is 1. The summed E-state index contributed by atoms with van der Waals surface area (Å²) >= 11 is 3.18. The number of thiazole rings is 1. The highest BCUT2D eigenvalue weighted by molar-refractivity contribution is 7.20. The molecule has 0 aliphatic rings. The Morgan fingerprint density at radius 1 is 1.04 bits per heavy atom. The molecule has 0 bridgehead atoms. The number of carbonyl (C=O) groups excluding carboxylic acids is 1. The topological polar surface area (TPSA) is 57.0 Å². The predicted octanol–water partition coefficient (Wildman–Crippen LogP) is 4.34. The second-order valence-corrected chi connectivity index (χ2v) is 7.35. The zero-order chi connectivity index (χ0) is 17.8. The van der Waals surface area contributed by atoms with Crippen molar-refractivity contribution in [1.82, 2.24) is 14.8 Å². The van der Waals surface area contributed by atoms with Crippen LogP contribution in [0.1, 0.15) is 11.4 Å². The molecule has 0 atom stereocenters. The van der Waals surface area contributed by atoms with Gasteiger partial charge in [0.1, 0.15) is 17.3 Å². The van der Waals surface area contributed by atoms with Gasteiger partial charge in [-0.3, -0.25) is 4.79 Å². The second kappa shape index (κ2) is 7.63. The van der Waals surface area contributed by atoms with Gasteiger partial charge in [-0.25, -0.2) is 9.67 Å². The Morgan fingerprint density at radius 3 is 2.73 bits per heavy atom. The van der Waals surface area contributed by atoms with E-state index in [9.17, 15) is 4.79 Å². The summed E-state index contributed by atoms with van der Waals surface area (Å²) in [6.45, 7) is 0.153. The van der Waals surface area contributed by atoms with Crippen LogP contribution < -0.4 is 0 Å². The molecule has 5 nitrogen and oxygen atoms in total. The summed E-state index contributed by atoms with van der Waals surface area (Å²) in [4.78, 5) is 17.7. The molecule has 3 aromatic heterocycles. The molecule has 4 rings (SSSR count). The van der Waals surface area contributed by atoms with Gasteiger partial charge in [-0.2, -0.15) is 5.10 Å². The Bertz CT molecular complexity index is 991. The molecule has 0 spiro atoms. The van der Waals surface area contributed by atoms with E-state index in [0.717, 1.165) is 21.3 Å². The number of benzene rings is 1. The first kappa shape index (κ1) is 16.7. The van der Waals surface area contributed by atoms with E-state index in [-0.39, 0.29) is 19.0 Å². The number of hydrogen-bond donors (Lipinski definition) is 0. The molecule has 26 heavy (non-hydrogen) atoms. The normalized spacial score (nSPS) is 10.8. The second-order valence-electron chi connectivity index (χ2n) is 5.55. The minimum Gasteiger partial charge on any atom is -0.459 e. The van der Waals surface area contributed by atoms with E-state index >= 15 is 0 Å². The fourth-order valence-electron chi connectivity index (χ4n) is 2.42. The maximum atomic E-state index is 12.1. The molecule has 0 aliphatic carbocycles. The summed E-state index contributed by atoms with van der Waals surface area (Å²) in [5.74, 6) is -0.303. The van der Waals surface area contributed by atoms with Crippen LogP contribution in [0, 0.1) is 0 Å². The van der Waals surface area contributed by atoms with Gasteiger partial charge in [-0.1, -0.05) is 24.3 Å². The Balaban J connectivity index is 1.32. The average Bonchev–Trinajstić information content (AvgIpc) is 3.41. The fourth-order valence-corrected chi connectivity index (χ4v) is 4.05. The molecule has 0 N–H and O–H groups in total. The highest BCUT2D eigenvalue weighted by atomic mass is 32.1. The van der Waals surface area contributed by atoms with Crippen LogP contribution in [-0.4, -0.2) is 20.7 Å². The van der Waals surface area contributed by atoms with E-state index < -0.39 is 0 Å². The van der Waals surface area contributed by atoms with Gasteiger partial charge < -0.3 is 4.74 Å². The van der Waals surface area contributed by atoms with Crippen molar-refractivity contribution in [3.63, 3.8) is 0 Å². The number of aromatic nitrogens is 3. The smallest absolute Gasteiger partial charge is 0.312 e. The minimum atomic E-state index is -0.303. The summed E-state index contributed by atoms with van der Waals surface area (Å²) < 4.78 is 7.09. The van der Waals surface area contributed by atoms with E-state index in [2.05, 4.69) is 10.1 Å². The lowest BCUT2D eigenvalue weighted by Gasteiger charge is -2.02. The predicted molar refractivity (Wildman–Crippen MR) is 102 cm³/mol. The summed E-state index contributed by atoms with van der Waals surface area (Å²) in [5, 5.41) is 9.28.